The van der Waals surface area contributed by atoms with Crippen LogP contribution < -0.4 is 10.6 Å². The van der Waals surface area contributed by atoms with E-state index in [9.17, 15) is 9.90 Å². The van der Waals surface area contributed by atoms with Crippen LogP contribution in [0.1, 0.15) is 43.7 Å². The number of urea groups is 1. The van der Waals surface area contributed by atoms with Gasteiger partial charge in [0, 0.05) is 18.9 Å². The van der Waals surface area contributed by atoms with Gasteiger partial charge >= 0.3 is 6.03 Å². The van der Waals surface area contributed by atoms with Crippen LogP contribution >= 0.6 is 0 Å². The van der Waals surface area contributed by atoms with E-state index in [-0.39, 0.29) is 12.1 Å². The lowest BCUT2D eigenvalue weighted by atomic mass is 9.93. The first-order valence-electron chi connectivity index (χ1n) is 7.35. The molecule has 0 saturated heterocycles. The molecule has 2 atom stereocenters. The number of nitrogens with one attached hydrogen (secondary N) is 2. The second-order valence-electron chi connectivity index (χ2n) is 5.28. The molecule has 1 heterocycles. The summed E-state index contributed by atoms with van der Waals surface area (Å²) >= 11 is 0. The molecule has 1 aromatic rings. The van der Waals surface area contributed by atoms with Crippen molar-refractivity contribution in [1.82, 2.24) is 15.6 Å². The molecule has 2 amide bonds. The fourth-order valence-electron chi connectivity index (χ4n) is 2.62. The number of hydrogen-bond acceptors (Lipinski definition) is 3. The predicted molar refractivity (Wildman–Crippen MR) is 77.2 cm³/mol. The van der Waals surface area contributed by atoms with Crippen LogP contribution in [0.3, 0.4) is 0 Å². The van der Waals surface area contributed by atoms with Gasteiger partial charge in [0.2, 0.25) is 0 Å². The van der Waals surface area contributed by atoms with Crippen molar-refractivity contribution in [2.75, 3.05) is 0 Å². The third kappa shape index (κ3) is 3.93. The van der Waals surface area contributed by atoms with E-state index < -0.39 is 6.10 Å². The smallest absolute Gasteiger partial charge is 0.315 e. The number of amides is 2. The monoisotopic (exact) mass is 277 g/mol. The van der Waals surface area contributed by atoms with E-state index in [2.05, 4.69) is 22.5 Å². The normalized spacial score (nSPS) is 22.3. The zero-order valence-corrected chi connectivity index (χ0v) is 11.9. The molecule has 0 radical (unpaired) electrons. The van der Waals surface area contributed by atoms with Gasteiger partial charge in [-0.25, -0.2) is 4.79 Å². The molecule has 2 rings (SSSR count). The van der Waals surface area contributed by atoms with Gasteiger partial charge in [0.25, 0.3) is 0 Å². The van der Waals surface area contributed by atoms with Crippen molar-refractivity contribution in [3.63, 3.8) is 0 Å². The van der Waals surface area contributed by atoms with Crippen LogP contribution in [0, 0.1) is 0 Å². The largest absolute Gasteiger partial charge is 0.391 e. The molecule has 0 unspecified atom stereocenters. The molecule has 1 aliphatic rings. The Morgan fingerprint density at radius 1 is 1.40 bits per heavy atom. The number of hydrogen-bond donors (Lipinski definition) is 3. The maximum atomic E-state index is 11.9. The van der Waals surface area contributed by atoms with Gasteiger partial charge in [0.1, 0.15) is 0 Å². The molecule has 0 spiro atoms. The highest BCUT2D eigenvalue weighted by atomic mass is 16.3. The summed E-state index contributed by atoms with van der Waals surface area (Å²) in [6.07, 6.45) is 7.78. The van der Waals surface area contributed by atoms with Crippen LogP contribution in [-0.2, 0) is 13.0 Å². The fraction of sp³-hybridized carbons (Fsp3) is 0.600. The highest BCUT2D eigenvalue weighted by Crippen LogP contribution is 2.18. The van der Waals surface area contributed by atoms with Gasteiger partial charge in [-0.05, 0) is 36.5 Å². The topological polar surface area (TPSA) is 74.2 Å². The number of carbonyl (C=O) groups is 1. The van der Waals surface area contributed by atoms with E-state index in [4.69, 9.17) is 0 Å². The lowest BCUT2D eigenvalue weighted by molar-refractivity contribution is 0.0943. The number of aryl methyl sites for hydroxylation is 1. The Labute approximate surface area is 119 Å². The molecule has 1 fully saturated rings. The molecule has 20 heavy (non-hydrogen) atoms. The first-order chi connectivity index (χ1) is 9.70. The van der Waals surface area contributed by atoms with Crippen LogP contribution in [0.5, 0.6) is 0 Å². The lowest BCUT2D eigenvalue weighted by Gasteiger charge is -2.28. The summed E-state index contributed by atoms with van der Waals surface area (Å²) in [5.74, 6) is 0. The standard InChI is InChI=1S/C15H23N3O2/c1-2-11-9-16-8-7-12(11)10-17-15(20)18-13-5-3-4-6-14(13)19/h7-9,13-14,19H,2-6,10H2,1H3,(H2,17,18,20)/t13-,14+/m1/s1. The van der Waals surface area contributed by atoms with Crippen LogP contribution in [0.4, 0.5) is 4.79 Å². The van der Waals surface area contributed by atoms with Crippen molar-refractivity contribution in [2.45, 2.75) is 57.7 Å². The van der Waals surface area contributed by atoms with Gasteiger partial charge in [0.15, 0.2) is 0 Å². The van der Waals surface area contributed by atoms with E-state index in [0.717, 1.165) is 43.2 Å². The van der Waals surface area contributed by atoms with Crippen LogP contribution in [0.15, 0.2) is 18.5 Å². The molecule has 0 bridgehead atoms. The third-order valence-electron chi connectivity index (χ3n) is 3.87. The van der Waals surface area contributed by atoms with Crippen molar-refractivity contribution < 1.29 is 9.90 Å². The summed E-state index contributed by atoms with van der Waals surface area (Å²) in [4.78, 5) is 16.0. The quantitative estimate of drug-likeness (QED) is 0.785. The van der Waals surface area contributed by atoms with Gasteiger partial charge in [-0.3, -0.25) is 4.98 Å². The summed E-state index contributed by atoms with van der Waals surface area (Å²) in [6, 6.07) is 1.59. The summed E-state index contributed by atoms with van der Waals surface area (Å²) in [7, 11) is 0. The minimum absolute atomic E-state index is 0.119. The Morgan fingerprint density at radius 2 is 2.20 bits per heavy atom. The predicted octanol–water partition coefficient (Wildman–Crippen LogP) is 1.75. The van der Waals surface area contributed by atoms with Crippen LogP contribution in [-0.4, -0.2) is 28.3 Å². The number of aliphatic hydroxyl groups is 1. The highest BCUT2D eigenvalue weighted by Gasteiger charge is 2.24. The van der Waals surface area contributed by atoms with Gasteiger partial charge in [-0.15, -0.1) is 0 Å². The molecule has 1 aliphatic carbocycles. The molecule has 1 aromatic heterocycles. The van der Waals surface area contributed by atoms with Crippen molar-refractivity contribution in [1.29, 1.82) is 0 Å². The molecule has 0 aliphatic heterocycles. The van der Waals surface area contributed by atoms with Crippen LogP contribution in [0.2, 0.25) is 0 Å². The lowest BCUT2D eigenvalue weighted by Crippen LogP contribution is -2.48. The van der Waals surface area contributed by atoms with E-state index in [0.29, 0.717) is 6.54 Å². The third-order valence-corrected chi connectivity index (χ3v) is 3.87. The average Bonchev–Trinajstić information content (AvgIpc) is 2.48. The maximum absolute atomic E-state index is 11.9. The minimum Gasteiger partial charge on any atom is -0.391 e. The van der Waals surface area contributed by atoms with E-state index in [1.54, 1.807) is 6.20 Å². The van der Waals surface area contributed by atoms with Gasteiger partial charge in [-0.1, -0.05) is 19.8 Å². The molecule has 3 N–H and O–H groups in total. The SMILES string of the molecule is CCc1cnccc1CNC(=O)N[C@@H]1CCCC[C@@H]1O. The summed E-state index contributed by atoms with van der Waals surface area (Å²) in [5.41, 5.74) is 2.23. The molecule has 0 aromatic carbocycles. The average molecular weight is 277 g/mol. The van der Waals surface area contributed by atoms with Crippen LogP contribution in [0.25, 0.3) is 0 Å². The Kier molecular flexibility index (Phi) is 5.35. The highest BCUT2D eigenvalue weighted by molar-refractivity contribution is 5.74. The first kappa shape index (κ1) is 14.8. The minimum atomic E-state index is -0.415. The maximum Gasteiger partial charge on any atom is 0.315 e. The van der Waals surface area contributed by atoms with E-state index in [1.165, 1.54) is 0 Å². The van der Waals surface area contributed by atoms with E-state index >= 15 is 0 Å². The van der Waals surface area contributed by atoms with Gasteiger partial charge < -0.3 is 15.7 Å². The summed E-state index contributed by atoms with van der Waals surface area (Å²) < 4.78 is 0. The number of nitrogens with zero attached hydrogens (tertiary/aromatic N) is 1. The molecular formula is C15H23N3O2. The second kappa shape index (κ2) is 7.24. The molecule has 1 saturated carbocycles. The van der Waals surface area contributed by atoms with Crippen molar-refractivity contribution >= 4 is 6.03 Å². The molecular weight excluding hydrogens is 254 g/mol. The Hall–Kier alpha value is -1.62. The second-order valence-corrected chi connectivity index (χ2v) is 5.28. The van der Waals surface area contributed by atoms with Gasteiger partial charge in [0.05, 0.1) is 12.1 Å². The van der Waals surface area contributed by atoms with Crippen molar-refractivity contribution in [3.8, 4) is 0 Å². The number of aromatic nitrogens is 1. The number of pyridine rings is 1. The molecule has 5 nitrogen and oxygen atoms in total. The number of aliphatic hydroxyl groups excluding tert-OH is 1. The number of carbonyl (C=O) groups excluding carboxylic acids is 1. The van der Waals surface area contributed by atoms with Crippen molar-refractivity contribution in [3.05, 3.63) is 29.6 Å². The fourth-order valence-corrected chi connectivity index (χ4v) is 2.62. The zero-order valence-electron chi connectivity index (χ0n) is 11.9. The Bertz CT molecular complexity index is 450. The summed E-state index contributed by atoms with van der Waals surface area (Å²) in [5, 5.41) is 15.5. The molecule has 110 valence electrons. The van der Waals surface area contributed by atoms with E-state index in [1.807, 2.05) is 12.3 Å². The zero-order chi connectivity index (χ0) is 14.4. The van der Waals surface area contributed by atoms with Crippen molar-refractivity contribution in [2.24, 2.45) is 0 Å². The summed E-state index contributed by atoms with van der Waals surface area (Å²) in [6.45, 7) is 2.55. The first-order valence-corrected chi connectivity index (χ1v) is 7.35. The van der Waals surface area contributed by atoms with Gasteiger partial charge in [-0.2, -0.15) is 0 Å². The Balaban J connectivity index is 1.82. The molecule has 5 heteroatoms. The Morgan fingerprint density at radius 3 is 2.95 bits per heavy atom. The number of rotatable bonds is 4.